The van der Waals surface area contributed by atoms with Gasteiger partial charge in [0.05, 0.1) is 4.91 Å². The third kappa shape index (κ3) is 3.34. The maximum Gasteiger partial charge on any atom is 0.323 e. The van der Waals surface area contributed by atoms with Crippen molar-refractivity contribution >= 4 is 57.9 Å². The molecule has 0 unspecified atom stereocenters. The Morgan fingerprint density at radius 2 is 2.05 bits per heavy atom. The zero-order valence-electron chi connectivity index (χ0n) is 9.50. The largest absolute Gasteiger partial charge is 0.480 e. The van der Waals surface area contributed by atoms with Crippen LogP contribution in [0, 0.1) is 0 Å². The standard InChI is InChI=1S/C12H8ClNO3S2/c13-8-3-1-7(2-4-8)5-9-11(17)14(6-10(15)16)12(18)19-9/h1-5H,6H2,(H,15,16)/b9-5-. The van der Waals surface area contributed by atoms with Gasteiger partial charge in [0, 0.05) is 5.02 Å². The van der Waals surface area contributed by atoms with Gasteiger partial charge < -0.3 is 5.11 Å². The van der Waals surface area contributed by atoms with E-state index in [-0.39, 0.29) is 10.2 Å². The van der Waals surface area contributed by atoms with E-state index in [0.717, 1.165) is 22.2 Å². The number of amides is 1. The van der Waals surface area contributed by atoms with Crippen LogP contribution in [0.25, 0.3) is 6.08 Å². The fourth-order valence-electron chi connectivity index (χ4n) is 1.48. The summed E-state index contributed by atoms with van der Waals surface area (Å²) in [5, 5.41) is 9.33. The number of rotatable bonds is 3. The topological polar surface area (TPSA) is 57.6 Å². The van der Waals surface area contributed by atoms with Gasteiger partial charge in [0.1, 0.15) is 10.9 Å². The van der Waals surface area contributed by atoms with Crippen LogP contribution >= 0.6 is 35.6 Å². The van der Waals surface area contributed by atoms with Crippen molar-refractivity contribution in [3.63, 3.8) is 0 Å². The molecule has 98 valence electrons. The van der Waals surface area contributed by atoms with Gasteiger partial charge in [-0.05, 0) is 23.8 Å². The van der Waals surface area contributed by atoms with Crippen LogP contribution in [0.2, 0.25) is 5.02 Å². The third-order valence-electron chi connectivity index (χ3n) is 2.33. The van der Waals surface area contributed by atoms with E-state index in [9.17, 15) is 9.59 Å². The minimum Gasteiger partial charge on any atom is -0.480 e. The zero-order valence-corrected chi connectivity index (χ0v) is 11.9. The normalized spacial score (nSPS) is 17.3. The lowest BCUT2D eigenvalue weighted by atomic mass is 10.2. The lowest BCUT2D eigenvalue weighted by Crippen LogP contribution is -2.33. The molecule has 0 aromatic heterocycles. The summed E-state index contributed by atoms with van der Waals surface area (Å²) in [4.78, 5) is 24.1. The van der Waals surface area contributed by atoms with Crippen LogP contribution in [0.3, 0.4) is 0 Å². The Morgan fingerprint density at radius 3 is 2.63 bits per heavy atom. The molecular formula is C12H8ClNO3S2. The Kier molecular flexibility index (Phi) is 4.24. The Bertz CT molecular complexity index is 583. The summed E-state index contributed by atoms with van der Waals surface area (Å²) in [6.45, 7) is -0.414. The number of hydrogen-bond donors (Lipinski definition) is 1. The van der Waals surface area contributed by atoms with E-state index >= 15 is 0 Å². The fourth-order valence-corrected chi connectivity index (χ4v) is 2.86. The number of carbonyl (C=O) groups is 2. The van der Waals surface area contributed by atoms with Crippen LogP contribution in [0.1, 0.15) is 5.56 Å². The van der Waals surface area contributed by atoms with Gasteiger partial charge in [0.25, 0.3) is 5.91 Å². The van der Waals surface area contributed by atoms with E-state index in [4.69, 9.17) is 28.9 Å². The molecule has 0 radical (unpaired) electrons. The summed E-state index contributed by atoms with van der Waals surface area (Å²) in [6, 6.07) is 6.97. The molecule has 4 nitrogen and oxygen atoms in total. The molecule has 1 N–H and O–H groups in total. The molecule has 1 aliphatic heterocycles. The highest BCUT2D eigenvalue weighted by Crippen LogP contribution is 2.32. The number of halogens is 1. The summed E-state index contributed by atoms with van der Waals surface area (Å²) in [5.74, 6) is -1.48. The molecule has 0 spiro atoms. The second kappa shape index (κ2) is 5.73. The van der Waals surface area contributed by atoms with Gasteiger partial charge in [-0.25, -0.2) is 0 Å². The van der Waals surface area contributed by atoms with Crippen LogP contribution in [-0.4, -0.2) is 32.7 Å². The van der Waals surface area contributed by atoms with E-state index in [0.29, 0.717) is 9.93 Å². The molecule has 0 saturated carbocycles. The Labute approximate surface area is 124 Å². The van der Waals surface area contributed by atoms with Crippen LogP contribution in [-0.2, 0) is 9.59 Å². The molecule has 0 aliphatic carbocycles. The highest BCUT2D eigenvalue weighted by atomic mass is 35.5. The average Bonchev–Trinajstić information content (AvgIpc) is 2.60. The first kappa shape index (κ1) is 14.0. The van der Waals surface area contributed by atoms with E-state index < -0.39 is 12.5 Å². The molecule has 0 bridgehead atoms. The van der Waals surface area contributed by atoms with Crippen LogP contribution in [0.5, 0.6) is 0 Å². The quantitative estimate of drug-likeness (QED) is 0.686. The van der Waals surface area contributed by atoms with Crippen LogP contribution < -0.4 is 0 Å². The summed E-state index contributed by atoms with van der Waals surface area (Å²) in [5.41, 5.74) is 0.806. The van der Waals surface area contributed by atoms with Gasteiger partial charge >= 0.3 is 5.97 Å². The molecule has 0 atom stereocenters. The number of hydrogen-bond acceptors (Lipinski definition) is 4. The molecule has 7 heteroatoms. The minimum atomic E-state index is -1.09. The van der Waals surface area contributed by atoms with Crippen molar-refractivity contribution in [3.05, 3.63) is 39.8 Å². The van der Waals surface area contributed by atoms with E-state index in [1.54, 1.807) is 30.3 Å². The van der Waals surface area contributed by atoms with Crippen molar-refractivity contribution in [3.8, 4) is 0 Å². The van der Waals surface area contributed by atoms with Crippen molar-refractivity contribution in [2.75, 3.05) is 6.54 Å². The number of thiocarbonyl (C=S) groups is 1. The molecule has 1 heterocycles. The molecule has 19 heavy (non-hydrogen) atoms. The second-order valence-electron chi connectivity index (χ2n) is 3.71. The molecule has 1 fully saturated rings. The smallest absolute Gasteiger partial charge is 0.323 e. The first-order valence-electron chi connectivity index (χ1n) is 5.20. The van der Waals surface area contributed by atoms with Gasteiger partial charge in [0.15, 0.2) is 0 Å². The molecule has 1 aliphatic rings. The van der Waals surface area contributed by atoms with E-state index in [1.165, 1.54) is 0 Å². The van der Waals surface area contributed by atoms with Crippen molar-refractivity contribution in [1.29, 1.82) is 0 Å². The highest BCUT2D eigenvalue weighted by molar-refractivity contribution is 8.26. The third-order valence-corrected chi connectivity index (χ3v) is 3.96. The maximum absolute atomic E-state index is 12.0. The first-order chi connectivity index (χ1) is 8.97. The van der Waals surface area contributed by atoms with Gasteiger partial charge in [-0.1, -0.05) is 47.7 Å². The number of benzene rings is 1. The zero-order chi connectivity index (χ0) is 14.0. The van der Waals surface area contributed by atoms with Gasteiger partial charge in [-0.15, -0.1) is 0 Å². The number of aliphatic carboxylic acids is 1. The summed E-state index contributed by atoms with van der Waals surface area (Å²) < 4.78 is 0.257. The summed E-state index contributed by atoms with van der Waals surface area (Å²) in [6.07, 6.45) is 1.66. The lowest BCUT2D eigenvalue weighted by Gasteiger charge is -2.10. The van der Waals surface area contributed by atoms with Crippen LogP contribution in [0.4, 0.5) is 0 Å². The molecule has 1 aromatic carbocycles. The molecular weight excluding hydrogens is 306 g/mol. The summed E-state index contributed by atoms with van der Waals surface area (Å²) in [7, 11) is 0. The summed E-state index contributed by atoms with van der Waals surface area (Å²) >= 11 is 11.9. The van der Waals surface area contributed by atoms with Crippen molar-refractivity contribution in [2.24, 2.45) is 0 Å². The average molecular weight is 314 g/mol. The van der Waals surface area contributed by atoms with Gasteiger partial charge in [-0.3, -0.25) is 14.5 Å². The lowest BCUT2D eigenvalue weighted by molar-refractivity contribution is -0.140. The Hall–Kier alpha value is -1.37. The maximum atomic E-state index is 12.0. The molecule has 1 amide bonds. The van der Waals surface area contributed by atoms with Crippen molar-refractivity contribution < 1.29 is 14.7 Å². The highest BCUT2D eigenvalue weighted by Gasteiger charge is 2.33. The SMILES string of the molecule is O=C(O)CN1C(=O)/C(=C/c2ccc(Cl)cc2)SC1=S. The molecule has 1 saturated heterocycles. The second-order valence-corrected chi connectivity index (χ2v) is 5.83. The van der Waals surface area contributed by atoms with Crippen molar-refractivity contribution in [2.45, 2.75) is 0 Å². The number of carboxylic acid groups (broad SMARTS) is 1. The minimum absolute atomic E-state index is 0.257. The Balaban J connectivity index is 2.23. The van der Waals surface area contributed by atoms with E-state index in [2.05, 4.69) is 0 Å². The van der Waals surface area contributed by atoms with Crippen LogP contribution in [0.15, 0.2) is 29.2 Å². The predicted molar refractivity (Wildman–Crippen MR) is 79.0 cm³/mol. The number of carboxylic acids is 1. The van der Waals surface area contributed by atoms with Crippen molar-refractivity contribution in [1.82, 2.24) is 4.90 Å². The fraction of sp³-hybridized carbons (Fsp3) is 0.0833. The first-order valence-corrected chi connectivity index (χ1v) is 6.80. The number of nitrogens with zero attached hydrogens (tertiary/aromatic N) is 1. The molecule has 2 rings (SSSR count). The van der Waals surface area contributed by atoms with Gasteiger partial charge in [-0.2, -0.15) is 0 Å². The predicted octanol–water partition coefficient (Wildman–Crippen LogP) is 2.63. The number of thioether (sulfide) groups is 1. The Morgan fingerprint density at radius 1 is 1.42 bits per heavy atom. The monoisotopic (exact) mass is 313 g/mol. The van der Waals surface area contributed by atoms with Gasteiger partial charge in [0.2, 0.25) is 0 Å². The van der Waals surface area contributed by atoms with E-state index in [1.807, 2.05) is 0 Å². The molecule has 1 aromatic rings. The number of carbonyl (C=O) groups excluding carboxylic acids is 1.